The second-order valence-electron chi connectivity index (χ2n) is 5.39. The summed E-state index contributed by atoms with van der Waals surface area (Å²) in [6, 6.07) is 10.5. The molecule has 0 bridgehead atoms. The Hall–Kier alpha value is -2.20. The van der Waals surface area contributed by atoms with E-state index >= 15 is 0 Å². The monoisotopic (exact) mass is 280 g/mol. The Morgan fingerprint density at radius 3 is 2.90 bits per heavy atom. The van der Waals surface area contributed by atoms with Gasteiger partial charge in [-0.1, -0.05) is 18.2 Å². The minimum Gasteiger partial charge on any atom is -0.312 e. The van der Waals surface area contributed by atoms with Gasteiger partial charge in [0, 0.05) is 30.9 Å². The number of aryl methyl sites for hydroxylation is 2. The predicted molar refractivity (Wildman–Crippen MR) is 85.1 cm³/mol. The van der Waals surface area contributed by atoms with Gasteiger partial charge in [-0.05, 0) is 43.1 Å². The van der Waals surface area contributed by atoms with Gasteiger partial charge in [0.2, 0.25) is 0 Å². The van der Waals surface area contributed by atoms with Crippen molar-refractivity contribution < 1.29 is 0 Å². The molecule has 3 rings (SSSR count). The van der Waals surface area contributed by atoms with E-state index in [1.807, 2.05) is 30.9 Å². The Morgan fingerprint density at radius 2 is 2.10 bits per heavy atom. The van der Waals surface area contributed by atoms with E-state index in [1.165, 1.54) is 16.5 Å². The van der Waals surface area contributed by atoms with Crippen LogP contribution in [-0.4, -0.2) is 21.3 Å². The van der Waals surface area contributed by atoms with E-state index in [4.69, 9.17) is 0 Å². The zero-order chi connectivity index (χ0) is 14.7. The number of hydrogen-bond acceptors (Lipinski definition) is 3. The van der Waals surface area contributed by atoms with Crippen LogP contribution in [0.4, 0.5) is 0 Å². The minimum atomic E-state index is 0.865. The number of pyridine rings is 1. The summed E-state index contributed by atoms with van der Waals surface area (Å²) >= 11 is 0. The summed E-state index contributed by atoms with van der Waals surface area (Å²) in [6.07, 6.45) is 4.98. The lowest BCUT2D eigenvalue weighted by Crippen LogP contribution is -2.17. The summed E-state index contributed by atoms with van der Waals surface area (Å²) in [5.41, 5.74) is 4.71. The maximum absolute atomic E-state index is 4.58. The number of benzene rings is 1. The molecule has 0 aliphatic rings. The molecule has 3 aromatic rings. The lowest BCUT2D eigenvalue weighted by molar-refractivity contribution is 0.688. The topological polar surface area (TPSA) is 42.7 Å². The third kappa shape index (κ3) is 3.28. The van der Waals surface area contributed by atoms with Crippen LogP contribution in [0.1, 0.15) is 16.8 Å². The number of para-hydroxylation sites is 1. The number of rotatable bonds is 5. The van der Waals surface area contributed by atoms with E-state index in [9.17, 15) is 0 Å². The van der Waals surface area contributed by atoms with Crippen molar-refractivity contribution in [3.8, 4) is 0 Å². The Bertz CT molecular complexity index is 745. The maximum atomic E-state index is 4.58. The summed E-state index contributed by atoms with van der Waals surface area (Å²) < 4.78 is 1.84. The third-order valence-corrected chi connectivity index (χ3v) is 3.59. The van der Waals surface area contributed by atoms with Gasteiger partial charge in [0.15, 0.2) is 0 Å². The molecule has 0 aliphatic carbocycles. The molecule has 0 amide bonds. The van der Waals surface area contributed by atoms with Crippen LogP contribution in [0.15, 0.2) is 42.7 Å². The Labute approximate surface area is 124 Å². The first-order chi connectivity index (χ1) is 10.2. The zero-order valence-electron chi connectivity index (χ0n) is 12.5. The summed E-state index contributed by atoms with van der Waals surface area (Å²) in [5, 5.41) is 8.93. The quantitative estimate of drug-likeness (QED) is 0.731. The fourth-order valence-electron chi connectivity index (χ4n) is 2.60. The Balaban J connectivity index is 1.65. The van der Waals surface area contributed by atoms with Crippen molar-refractivity contribution in [1.82, 2.24) is 20.1 Å². The smallest absolute Gasteiger partial charge is 0.0708 e. The first-order valence-corrected chi connectivity index (χ1v) is 7.26. The molecule has 21 heavy (non-hydrogen) atoms. The maximum Gasteiger partial charge on any atom is 0.0708 e. The van der Waals surface area contributed by atoms with E-state index in [0.717, 1.165) is 30.7 Å². The summed E-state index contributed by atoms with van der Waals surface area (Å²) in [4.78, 5) is 4.58. The van der Waals surface area contributed by atoms with E-state index in [-0.39, 0.29) is 0 Å². The van der Waals surface area contributed by atoms with Crippen LogP contribution < -0.4 is 5.32 Å². The largest absolute Gasteiger partial charge is 0.312 e. The summed E-state index contributed by atoms with van der Waals surface area (Å²) in [7, 11) is 1.95. The molecule has 0 aliphatic heterocycles. The summed E-state index contributed by atoms with van der Waals surface area (Å²) in [6.45, 7) is 3.86. The highest BCUT2D eigenvalue weighted by Gasteiger charge is 2.03. The predicted octanol–water partition coefficient (Wildman–Crippen LogP) is 2.61. The molecule has 0 atom stereocenters. The molecule has 0 unspecified atom stereocenters. The van der Waals surface area contributed by atoms with Crippen LogP contribution >= 0.6 is 0 Å². The molecular weight excluding hydrogens is 260 g/mol. The van der Waals surface area contributed by atoms with Crippen molar-refractivity contribution in [2.75, 3.05) is 6.54 Å². The van der Waals surface area contributed by atoms with Crippen molar-refractivity contribution in [3.05, 3.63) is 59.5 Å². The van der Waals surface area contributed by atoms with Gasteiger partial charge in [-0.2, -0.15) is 5.10 Å². The van der Waals surface area contributed by atoms with E-state index in [1.54, 1.807) is 0 Å². The Kier molecular flexibility index (Phi) is 3.97. The minimum absolute atomic E-state index is 0.865. The molecule has 0 radical (unpaired) electrons. The highest BCUT2D eigenvalue weighted by Crippen LogP contribution is 2.17. The van der Waals surface area contributed by atoms with Gasteiger partial charge in [-0.3, -0.25) is 9.67 Å². The van der Waals surface area contributed by atoms with Gasteiger partial charge >= 0.3 is 0 Å². The average Bonchev–Trinajstić information content (AvgIpc) is 2.89. The Morgan fingerprint density at radius 1 is 1.24 bits per heavy atom. The molecule has 0 spiro atoms. The van der Waals surface area contributed by atoms with Crippen molar-refractivity contribution in [2.45, 2.75) is 19.9 Å². The third-order valence-electron chi connectivity index (χ3n) is 3.59. The van der Waals surface area contributed by atoms with Crippen molar-refractivity contribution in [3.63, 3.8) is 0 Å². The van der Waals surface area contributed by atoms with Crippen LogP contribution in [0.3, 0.4) is 0 Å². The molecule has 2 aromatic heterocycles. The second kappa shape index (κ2) is 6.06. The number of aromatic nitrogens is 3. The molecule has 4 heteroatoms. The van der Waals surface area contributed by atoms with Gasteiger partial charge in [0.05, 0.1) is 11.7 Å². The van der Waals surface area contributed by atoms with E-state index < -0.39 is 0 Å². The lowest BCUT2D eigenvalue weighted by atomic mass is 10.1. The average molecular weight is 280 g/mol. The highest BCUT2D eigenvalue weighted by atomic mass is 15.2. The van der Waals surface area contributed by atoms with Crippen LogP contribution in [0, 0.1) is 6.92 Å². The van der Waals surface area contributed by atoms with Crippen LogP contribution in [-0.2, 0) is 20.0 Å². The highest BCUT2D eigenvalue weighted by molar-refractivity contribution is 5.82. The first-order valence-electron chi connectivity index (χ1n) is 7.26. The zero-order valence-corrected chi connectivity index (χ0v) is 12.5. The van der Waals surface area contributed by atoms with Gasteiger partial charge in [-0.15, -0.1) is 0 Å². The molecule has 1 N–H and O–H groups in total. The van der Waals surface area contributed by atoms with Gasteiger partial charge in [-0.25, -0.2) is 0 Å². The standard InChI is InChI=1S/C17H20N4/c1-13-9-15(16-5-3-4-6-17(16)20-13)11-18-8-7-14-10-19-21(2)12-14/h3-6,9-10,12,18H,7-8,11H2,1-2H3. The lowest BCUT2D eigenvalue weighted by Gasteiger charge is -2.09. The molecule has 4 nitrogen and oxygen atoms in total. The normalized spacial score (nSPS) is 11.1. The molecular formula is C17H20N4. The van der Waals surface area contributed by atoms with E-state index in [2.05, 4.69) is 45.9 Å². The molecule has 0 saturated carbocycles. The molecule has 108 valence electrons. The number of nitrogens with zero attached hydrogens (tertiary/aromatic N) is 3. The second-order valence-corrected chi connectivity index (χ2v) is 5.39. The summed E-state index contributed by atoms with van der Waals surface area (Å²) in [5.74, 6) is 0. The van der Waals surface area contributed by atoms with E-state index in [0.29, 0.717) is 0 Å². The molecule has 2 heterocycles. The van der Waals surface area contributed by atoms with Crippen LogP contribution in [0.2, 0.25) is 0 Å². The van der Waals surface area contributed by atoms with Crippen molar-refractivity contribution in [2.24, 2.45) is 7.05 Å². The fourth-order valence-corrected chi connectivity index (χ4v) is 2.60. The van der Waals surface area contributed by atoms with Gasteiger partial charge < -0.3 is 5.32 Å². The van der Waals surface area contributed by atoms with Crippen LogP contribution in [0.25, 0.3) is 10.9 Å². The molecule has 1 aromatic carbocycles. The van der Waals surface area contributed by atoms with Crippen molar-refractivity contribution in [1.29, 1.82) is 0 Å². The van der Waals surface area contributed by atoms with Gasteiger partial charge in [0.1, 0.15) is 0 Å². The first kappa shape index (κ1) is 13.8. The van der Waals surface area contributed by atoms with Crippen molar-refractivity contribution >= 4 is 10.9 Å². The number of nitrogens with one attached hydrogen (secondary N) is 1. The fraction of sp³-hybridized carbons (Fsp3) is 0.294. The van der Waals surface area contributed by atoms with Gasteiger partial charge in [0.25, 0.3) is 0 Å². The number of fused-ring (bicyclic) bond motifs is 1. The molecule has 0 fully saturated rings. The number of hydrogen-bond donors (Lipinski definition) is 1. The molecule has 0 saturated heterocycles. The SMILES string of the molecule is Cc1cc(CNCCc2cnn(C)c2)c2ccccc2n1. The van der Waals surface area contributed by atoms with Crippen LogP contribution in [0.5, 0.6) is 0 Å².